The van der Waals surface area contributed by atoms with Crippen LogP contribution in [0.3, 0.4) is 0 Å². The summed E-state index contributed by atoms with van der Waals surface area (Å²) in [5, 5.41) is 3.57. The Hall–Kier alpha value is -1.19. The van der Waals surface area contributed by atoms with Crippen LogP contribution in [0.2, 0.25) is 5.02 Å². The molecule has 18 heavy (non-hydrogen) atoms. The highest BCUT2D eigenvalue weighted by Gasteiger charge is 2.02. The van der Waals surface area contributed by atoms with E-state index >= 15 is 0 Å². The van der Waals surface area contributed by atoms with Crippen molar-refractivity contribution in [2.24, 2.45) is 0 Å². The average Bonchev–Trinajstić information content (AvgIpc) is 2.40. The third kappa shape index (κ3) is 3.40. The number of hydrogen-bond donors (Lipinski definition) is 1. The van der Waals surface area contributed by atoms with Gasteiger partial charge in [0.05, 0.1) is 5.69 Å². The summed E-state index contributed by atoms with van der Waals surface area (Å²) in [4.78, 5) is 1.22. The molecule has 94 valence electrons. The van der Waals surface area contributed by atoms with Crippen LogP contribution in [0.5, 0.6) is 0 Å². The Morgan fingerprint density at radius 3 is 2.56 bits per heavy atom. The fourth-order valence-corrected chi connectivity index (χ4v) is 2.15. The molecule has 0 fully saturated rings. The molecule has 0 aliphatic heterocycles. The third-order valence-corrected chi connectivity index (χ3v) is 3.55. The average molecular weight is 282 g/mol. The maximum absolute atomic E-state index is 13.5. The van der Waals surface area contributed by atoms with Crippen LogP contribution in [0.1, 0.15) is 5.56 Å². The number of benzene rings is 2. The molecule has 0 saturated heterocycles. The number of anilines is 1. The van der Waals surface area contributed by atoms with Gasteiger partial charge < -0.3 is 5.32 Å². The number of halogens is 2. The number of rotatable bonds is 4. The second-order valence-corrected chi connectivity index (χ2v) is 5.14. The maximum atomic E-state index is 13.5. The predicted molar refractivity (Wildman–Crippen MR) is 77.0 cm³/mol. The molecule has 0 atom stereocenters. The van der Waals surface area contributed by atoms with Gasteiger partial charge in [0, 0.05) is 16.5 Å². The Morgan fingerprint density at radius 1 is 1.17 bits per heavy atom. The molecule has 2 rings (SSSR count). The monoisotopic (exact) mass is 281 g/mol. The molecule has 1 nitrogen and oxygen atoms in total. The van der Waals surface area contributed by atoms with Crippen molar-refractivity contribution in [3.63, 3.8) is 0 Å². The van der Waals surface area contributed by atoms with Gasteiger partial charge in [-0.05, 0) is 42.2 Å². The van der Waals surface area contributed by atoms with Crippen LogP contribution in [0.25, 0.3) is 0 Å². The van der Waals surface area contributed by atoms with Crippen molar-refractivity contribution in [2.75, 3.05) is 11.6 Å². The van der Waals surface area contributed by atoms with E-state index in [-0.39, 0.29) is 5.82 Å². The van der Waals surface area contributed by atoms with Crippen LogP contribution in [0, 0.1) is 5.82 Å². The first kappa shape index (κ1) is 13.2. The van der Waals surface area contributed by atoms with Crippen LogP contribution in [0.15, 0.2) is 47.4 Å². The Labute approximate surface area is 115 Å². The molecule has 2 aromatic carbocycles. The van der Waals surface area contributed by atoms with Crippen molar-refractivity contribution in [1.82, 2.24) is 0 Å². The SMILES string of the molecule is CSc1ccc(CNc2cc(Cl)ccc2F)cc1. The van der Waals surface area contributed by atoms with Crippen LogP contribution in [-0.4, -0.2) is 6.26 Å². The summed E-state index contributed by atoms with van der Waals surface area (Å²) in [6.45, 7) is 0.575. The highest BCUT2D eigenvalue weighted by molar-refractivity contribution is 7.98. The Kier molecular flexibility index (Phi) is 4.50. The molecule has 0 bridgehead atoms. The quantitative estimate of drug-likeness (QED) is 0.807. The van der Waals surface area contributed by atoms with Gasteiger partial charge in [-0.2, -0.15) is 0 Å². The Bertz CT molecular complexity index is 528. The molecule has 2 aromatic rings. The topological polar surface area (TPSA) is 12.0 Å². The van der Waals surface area contributed by atoms with E-state index in [4.69, 9.17) is 11.6 Å². The van der Waals surface area contributed by atoms with Crippen molar-refractivity contribution in [3.05, 3.63) is 58.9 Å². The van der Waals surface area contributed by atoms with E-state index in [9.17, 15) is 4.39 Å². The third-order valence-electron chi connectivity index (χ3n) is 2.57. The largest absolute Gasteiger partial charge is 0.379 e. The van der Waals surface area contributed by atoms with Gasteiger partial charge in [0.15, 0.2) is 0 Å². The molecule has 0 radical (unpaired) electrons. The molecule has 0 heterocycles. The molecular formula is C14H13ClFNS. The van der Waals surface area contributed by atoms with E-state index in [1.54, 1.807) is 17.8 Å². The minimum Gasteiger partial charge on any atom is -0.379 e. The van der Waals surface area contributed by atoms with Crippen molar-refractivity contribution in [3.8, 4) is 0 Å². The molecular weight excluding hydrogens is 269 g/mol. The summed E-state index contributed by atoms with van der Waals surface area (Å²) in [6.07, 6.45) is 2.04. The second-order valence-electron chi connectivity index (χ2n) is 3.83. The summed E-state index contributed by atoms with van der Waals surface area (Å²) in [5.41, 5.74) is 1.53. The van der Waals surface area contributed by atoms with Gasteiger partial charge in [0.2, 0.25) is 0 Å². The van der Waals surface area contributed by atoms with E-state index in [0.717, 1.165) is 5.56 Å². The second kappa shape index (κ2) is 6.12. The molecule has 1 N–H and O–H groups in total. The van der Waals surface area contributed by atoms with Crippen molar-refractivity contribution < 1.29 is 4.39 Å². The van der Waals surface area contributed by atoms with Crippen LogP contribution in [-0.2, 0) is 6.54 Å². The van der Waals surface area contributed by atoms with Gasteiger partial charge in [-0.25, -0.2) is 4.39 Å². The molecule has 4 heteroatoms. The van der Waals surface area contributed by atoms with Crippen LogP contribution >= 0.6 is 23.4 Å². The van der Waals surface area contributed by atoms with E-state index in [1.165, 1.54) is 17.0 Å². The normalized spacial score (nSPS) is 10.4. The first-order valence-electron chi connectivity index (χ1n) is 5.51. The summed E-state index contributed by atoms with van der Waals surface area (Å²) >= 11 is 7.53. The fraction of sp³-hybridized carbons (Fsp3) is 0.143. The van der Waals surface area contributed by atoms with Gasteiger partial charge in [-0.3, -0.25) is 0 Å². The highest BCUT2D eigenvalue weighted by atomic mass is 35.5. The van der Waals surface area contributed by atoms with Crippen molar-refractivity contribution >= 4 is 29.1 Å². The van der Waals surface area contributed by atoms with E-state index in [0.29, 0.717) is 17.3 Å². The van der Waals surface area contributed by atoms with E-state index in [1.807, 2.05) is 18.4 Å². The standard InChI is InChI=1S/C14H13ClFNS/c1-18-12-5-2-10(3-6-12)9-17-14-8-11(15)4-7-13(14)16/h2-8,17H,9H2,1H3. The number of thioether (sulfide) groups is 1. The predicted octanol–water partition coefficient (Wildman–Crippen LogP) is 4.81. The molecule has 0 spiro atoms. The van der Waals surface area contributed by atoms with Gasteiger partial charge in [-0.1, -0.05) is 23.7 Å². The minimum absolute atomic E-state index is 0.292. The lowest BCUT2D eigenvalue weighted by Crippen LogP contribution is -2.01. The van der Waals surface area contributed by atoms with Crippen molar-refractivity contribution in [1.29, 1.82) is 0 Å². The minimum atomic E-state index is -0.292. The lowest BCUT2D eigenvalue weighted by Gasteiger charge is -2.08. The first-order valence-corrected chi connectivity index (χ1v) is 7.11. The zero-order valence-electron chi connectivity index (χ0n) is 9.91. The molecule has 0 aliphatic carbocycles. The molecule has 0 aliphatic rings. The zero-order valence-corrected chi connectivity index (χ0v) is 11.5. The zero-order chi connectivity index (χ0) is 13.0. The molecule has 0 unspecified atom stereocenters. The fourth-order valence-electron chi connectivity index (χ4n) is 1.57. The Morgan fingerprint density at radius 2 is 1.89 bits per heavy atom. The summed E-state index contributed by atoms with van der Waals surface area (Å²) in [6, 6.07) is 12.7. The molecule has 0 aromatic heterocycles. The highest BCUT2D eigenvalue weighted by Crippen LogP contribution is 2.21. The lowest BCUT2D eigenvalue weighted by atomic mass is 10.2. The van der Waals surface area contributed by atoms with Gasteiger partial charge in [0.1, 0.15) is 5.82 Å². The van der Waals surface area contributed by atoms with E-state index in [2.05, 4.69) is 17.4 Å². The summed E-state index contributed by atoms with van der Waals surface area (Å²) < 4.78 is 13.5. The molecule has 0 saturated carbocycles. The first-order chi connectivity index (χ1) is 8.69. The van der Waals surface area contributed by atoms with Gasteiger partial charge in [0.25, 0.3) is 0 Å². The number of hydrogen-bond acceptors (Lipinski definition) is 2. The Balaban J connectivity index is 2.04. The lowest BCUT2D eigenvalue weighted by molar-refractivity contribution is 0.630. The number of nitrogens with one attached hydrogen (secondary N) is 1. The van der Waals surface area contributed by atoms with Crippen LogP contribution < -0.4 is 5.32 Å². The smallest absolute Gasteiger partial charge is 0.146 e. The van der Waals surface area contributed by atoms with Gasteiger partial charge in [-0.15, -0.1) is 11.8 Å². The van der Waals surface area contributed by atoms with Crippen molar-refractivity contribution in [2.45, 2.75) is 11.4 Å². The van der Waals surface area contributed by atoms with Crippen LogP contribution in [0.4, 0.5) is 10.1 Å². The summed E-state index contributed by atoms with van der Waals surface area (Å²) in [5.74, 6) is -0.292. The summed E-state index contributed by atoms with van der Waals surface area (Å²) in [7, 11) is 0. The van der Waals surface area contributed by atoms with E-state index < -0.39 is 0 Å². The van der Waals surface area contributed by atoms with Gasteiger partial charge >= 0.3 is 0 Å². The molecule has 0 amide bonds. The maximum Gasteiger partial charge on any atom is 0.146 e.